The lowest BCUT2D eigenvalue weighted by Crippen LogP contribution is -2.29. The van der Waals surface area contributed by atoms with Crippen LogP contribution in [-0.2, 0) is 4.79 Å². The molecule has 0 radical (unpaired) electrons. The largest absolute Gasteiger partial charge is 0.322 e. The van der Waals surface area contributed by atoms with Crippen molar-refractivity contribution in [2.24, 2.45) is 0 Å². The topological polar surface area (TPSA) is 92.6 Å². The summed E-state index contributed by atoms with van der Waals surface area (Å²) >= 11 is 7.40. The van der Waals surface area contributed by atoms with Gasteiger partial charge in [-0.3, -0.25) is 24.6 Å². The third-order valence-electron chi connectivity index (χ3n) is 4.86. The molecule has 1 fully saturated rings. The molecule has 0 bridgehead atoms. The monoisotopic (exact) mass is 471 g/mol. The van der Waals surface area contributed by atoms with Gasteiger partial charge in [-0.1, -0.05) is 41.9 Å². The highest BCUT2D eigenvalue weighted by molar-refractivity contribution is 8.00. The summed E-state index contributed by atoms with van der Waals surface area (Å²) in [7, 11) is 0. The number of non-ortho nitro benzene ring substituents is 1. The zero-order valence-corrected chi connectivity index (χ0v) is 17.9. The van der Waals surface area contributed by atoms with Gasteiger partial charge >= 0.3 is 0 Å². The second-order valence-electron chi connectivity index (χ2n) is 6.84. The van der Waals surface area contributed by atoms with Crippen LogP contribution in [0.4, 0.5) is 21.5 Å². The zero-order valence-electron chi connectivity index (χ0n) is 16.3. The Balaban J connectivity index is 1.66. The van der Waals surface area contributed by atoms with Gasteiger partial charge in [0.1, 0.15) is 11.2 Å². The highest BCUT2D eigenvalue weighted by atomic mass is 35.5. The van der Waals surface area contributed by atoms with Crippen molar-refractivity contribution < 1.29 is 18.9 Å². The fourth-order valence-electron chi connectivity index (χ4n) is 3.38. The quantitative estimate of drug-likeness (QED) is 0.396. The summed E-state index contributed by atoms with van der Waals surface area (Å²) in [4.78, 5) is 37.1. The predicted octanol–water partition coefficient (Wildman–Crippen LogP) is 5.42. The molecule has 1 aliphatic rings. The maximum atomic E-state index is 14.4. The summed E-state index contributed by atoms with van der Waals surface area (Å²) in [5, 5.41) is 13.0. The van der Waals surface area contributed by atoms with E-state index in [1.54, 1.807) is 36.4 Å². The van der Waals surface area contributed by atoms with E-state index in [2.05, 4.69) is 5.32 Å². The summed E-state index contributed by atoms with van der Waals surface area (Å²) in [5.41, 5.74) is 1.02. The van der Waals surface area contributed by atoms with E-state index in [0.29, 0.717) is 11.3 Å². The van der Waals surface area contributed by atoms with Crippen LogP contribution >= 0.6 is 23.4 Å². The van der Waals surface area contributed by atoms with E-state index < -0.39 is 22.0 Å². The van der Waals surface area contributed by atoms with E-state index in [1.165, 1.54) is 40.9 Å². The van der Waals surface area contributed by atoms with Crippen molar-refractivity contribution in [1.82, 2.24) is 0 Å². The number of carbonyl (C=O) groups excluding carboxylic acids is 2. The molecule has 32 heavy (non-hydrogen) atoms. The van der Waals surface area contributed by atoms with Gasteiger partial charge in [-0.15, -0.1) is 11.8 Å². The summed E-state index contributed by atoms with van der Waals surface area (Å²) in [6.45, 7) is 0. The third-order valence-corrected chi connectivity index (χ3v) is 6.37. The van der Waals surface area contributed by atoms with Gasteiger partial charge in [0.15, 0.2) is 0 Å². The van der Waals surface area contributed by atoms with Crippen LogP contribution in [0, 0.1) is 15.9 Å². The van der Waals surface area contributed by atoms with Crippen LogP contribution in [0.1, 0.15) is 21.3 Å². The molecule has 1 unspecified atom stereocenters. The summed E-state index contributed by atoms with van der Waals surface area (Å²) in [5.74, 6) is -1.17. The molecule has 2 amide bonds. The second kappa shape index (κ2) is 8.97. The Morgan fingerprint density at radius 2 is 1.88 bits per heavy atom. The molecule has 0 aromatic heterocycles. The van der Waals surface area contributed by atoms with Crippen LogP contribution in [0.15, 0.2) is 66.7 Å². The maximum absolute atomic E-state index is 14.4. The summed E-state index contributed by atoms with van der Waals surface area (Å²) in [6, 6.07) is 16.5. The van der Waals surface area contributed by atoms with E-state index in [1.807, 2.05) is 0 Å². The molecule has 1 N–H and O–H groups in total. The summed E-state index contributed by atoms with van der Waals surface area (Å²) < 4.78 is 14.4. The maximum Gasteiger partial charge on any atom is 0.270 e. The Bertz CT molecular complexity index is 1240. The van der Waals surface area contributed by atoms with Gasteiger partial charge in [-0.25, -0.2) is 4.39 Å². The van der Waals surface area contributed by atoms with Crippen molar-refractivity contribution in [3.8, 4) is 0 Å². The number of nitrogens with zero attached hydrogens (tertiary/aromatic N) is 2. The van der Waals surface area contributed by atoms with Crippen molar-refractivity contribution in [2.75, 3.05) is 16.0 Å². The fraction of sp³-hybridized carbons (Fsp3) is 0.0909. The molecule has 0 saturated carbocycles. The van der Waals surface area contributed by atoms with Crippen molar-refractivity contribution in [3.63, 3.8) is 0 Å². The highest BCUT2D eigenvalue weighted by Crippen LogP contribution is 2.44. The lowest BCUT2D eigenvalue weighted by molar-refractivity contribution is -0.384. The molecule has 3 aromatic carbocycles. The number of rotatable bonds is 5. The molecule has 1 aliphatic heterocycles. The molecule has 10 heteroatoms. The van der Waals surface area contributed by atoms with Crippen LogP contribution in [-0.4, -0.2) is 22.5 Å². The van der Waals surface area contributed by atoms with Crippen LogP contribution in [0.3, 0.4) is 0 Å². The lowest BCUT2D eigenvalue weighted by Gasteiger charge is -2.26. The number of amides is 2. The SMILES string of the molecule is O=C(Nc1ccccc1C1SCC(=O)N1c1ccccc1F)c1ccc([N+](=O)[O-])cc1Cl. The Hall–Kier alpha value is -3.43. The predicted molar refractivity (Wildman–Crippen MR) is 122 cm³/mol. The van der Waals surface area contributed by atoms with E-state index in [0.717, 1.165) is 6.07 Å². The molecular weight excluding hydrogens is 457 g/mol. The molecule has 162 valence electrons. The van der Waals surface area contributed by atoms with E-state index in [9.17, 15) is 24.1 Å². The first-order valence-electron chi connectivity index (χ1n) is 9.39. The standard InChI is InChI=1S/C22H15ClFN3O4S/c23-16-11-13(27(30)31)9-10-14(16)21(29)25-18-7-3-1-5-15(18)22-26(20(28)12-32-22)19-8-4-2-6-17(19)24/h1-11,22H,12H2,(H,25,29). The minimum absolute atomic E-state index is 0.0624. The molecule has 1 atom stereocenters. The molecule has 0 spiro atoms. The van der Waals surface area contributed by atoms with Crippen LogP contribution < -0.4 is 10.2 Å². The number of thioether (sulfide) groups is 1. The van der Waals surface area contributed by atoms with Crippen molar-refractivity contribution >= 4 is 52.2 Å². The average molecular weight is 472 g/mol. The first-order valence-corrected chi connectivity index (χ1v) is 10.8. The van der Waals surface area contributed by atoms with Gasteiger partial charge in [-0.2, -0.15) is 0 Å². The van der Waals surface area contributed by atoms with E-state index >= 15 is 0 Å². The Labute approximate surface area is 191 Å². The second-order valence-corrected chi connectivity index (χ2v) is 8.32. The molecular formula is C22H15ClFN3O4S. The number of benzene rings is 3. The normalized spacial score (nSPS) is 15.6. The lowest BCUT2D eigenvalue weighted by atomic mass is 10.1. The van der Waals surface area contributed by atoms with Crippen LogP contribution in [0.5, 0.6) is 0 Å². The molecule has 3 aromatic rings. The Morgan fingerprint density at radius 3 is 2.59 bits per heavy atom. The first kappa shape index (κ1) is 21.8. The Kier molecular flexibility index (Phi) is 6.11. The van der Waals surface area contributed by atoms with Crippen molar-refractivity contribution in [3.05, 3.63) is 98.8 Å². The minimum Gasteiger partial charge on any atom is -0.322 e. The first-order chi connectivity index (χ1) is 15.4. The van der Waals surface area contributed by atoms with Gasteiger partial charge in [0.05, 0.1) is 26.9 Å². The van der Waals surface area contributed by atoms with Gasteiger partial charge in [0.25, 0.3) is 11.6 Å². The number of nitro groups is 1. The van der Waals surface area contributed by atoms with Crippen LogP contribution in [0.2, 0.25) is 5.02 Å². The van der Waals surface area contributed by atoms with Crippen molar-refractivity contribution in [1.29, 1.82) is 0 Å². The van der Waals surface area contributed by atoms with E-state index in [4.69, 9.17) is 11.6 Å². The number of nitro benzene ring substituents is 1. The fourth-order valence-corrected chi connectivity index (χ4v) is 4.84. The molecule has 1 saturated heterocycles. The number of anilines is 2. The molecule has 4 rings (SSSR count). The van der Waals surface area contributed by atoms with E-state index in [-0.39, 0.29) is 33.6 Å². The number of carbonyl (C=O) groups is 2. The average Bonchev–Trinajstić information content (AvgIpc) is 3.15. The Morgan fingerprint density at radius 1 is 1.16 bits per heavy atom. The van der Waals surface area contributed by atoms with Crippen LogP contribution in [0.25, 0.3) is 0 Å². The smallest absolute Gasteiger partial charge is 0.270 e. The summed E-state index contributed by atoms with van der Waals surface area (Å²) in [6.07, 6.45) is 0. The zero-order chi connectivity index (χ0) is 22.8. The van der Waals surface area contributed by atoms with Gasteiger partial charge in [-0.05, 0) is 24.3 Å². The number of hydrogen-bond donors (Lipinski definition) is 1. The molecule has 0 aliphatic carbocycles. The highest BCUT2D eigenvalue weighted by Gasteiger charge is 2.36. The van der Waals surface area contributed by atoms with Gasteiger partial charge < -0.3 is 5.32 Å². The molecule has 7 nitrogen and oxygen atoms in total. The number of halogens is 2. The van der Waals surface area contributed by atoms with Crippen molar-refractivity contribution in [2.45, 2.75) is 5.37 Å². The number of nitrogens with one attached hydrogen (secondary N) is 1. The van der Waals surface area contributed by atoms with Gasteiger partial charge in [0, 0.05) is 23.4 Å². The molecule has 1 heterocycles. The number of para-hydroxylation sites is 2. The number of hydrogen-bond acceptors (Lipinski definition) is 5. The third kappa shape index (κ3) is 4.17. The minimum atomic E-state index is -0.603. The van der Waals surface area contributed by atoms with Gasteiger partial charge in [0.2, 0.25) is 5.91 Å².